The molecule has 0 amide bonds. The van der Waals surface area contributed by atoms with Crippen LogP contribution in [0.5, 0.6) is 0 Å². The first-order valence-electron chi connectivity index (χ1n) is 1.63. The van der Waals surface area contributed by atoms with Crippen molar-refractivity contribution in [3.05, 3.63) is 6.92 Å². The fourth-order valence-corrected chi connectivity index (χ4v) is 0. The van der Waals surface area contributed by atoms with Gasteiger partial charge in [0.1, 0.15) is 0 Å². The summed E-state index contributed by atoms with van der Waals surface area (Å²) >= 11 is 0. The molecule has 0 aliphatic heterocycles. The van der Waals surface area contributed by atoms with Gasteiger partial charge in [-0.15, -0.1) is 5.37 Å². The number of rotatable bonds is 0. The van der Waals surface area contributed by atoms with E-state index in [1.807, 2.05) is 0 Å². The van der Waals surface area contributed by atoms with Crippen LogP contribution in [0, 0.1) is 6.92 Å². The molecule has 0 aromatic heterocycles. The molecule has 10 heavy (non-hydrogen) atoms. The van der Waals surface area contributed by atoms with Gasteiger partial charge in [0.15, 0.2) is 10.3 Å². The van der Waals surface area contributed by atoms with Crippen molar-refractivity contribution in [1.29, 1.82) is 0 Å². The van der Waals surface area contributed by atoms with E-state index in [0.29, 0.717) is 0 Å². The average molecular weight is 176 g/mol. The van der Waals surface area contributed by atoms with Crippen LogP contribution in [-0.4, -0.2) is 30.2 Å². The normalized spacial score (nSPS) is 5.70. The van der Waals surface area contributed by atoms with Crippen molar-refractivity contribution < 1.29 is 53.0 Å². The van der Waals surface area contributed by atoms with Gasteiger partial charge in [-0.2, -0.15) is 8.42 Å². The molecule has 0 atom stereocenters. The summed E-state index contributed by atoms with van der Waals surface area (Å²) in [5, 5.41) is 14.8. The molecule has 0 aromatic carbocycles. The standard InChI is InChI=1S/C2H3O2S.CH2O3.Na/c1-2-5(3)4;2-1(3)4;/h2H,1H2;(H2,2,3,4);/q-1;;+1. The Balaban J connectivity index is -0.0000000910. The van der Waals surface area contributed by atoms with Crippen molar-refractivity contribution in [2.45, 2.75) is 0 Å². The van der Waals surface area contributed by atoms with E-state index in [0.717, 1.165) is 5.37 Å². The van der Waals surface area contributed by atoms with Crippen molar-refractivity contribution in [1.82, 2.24) is 0 Å². The zero-order valence-corrected chi connectivity index (χ0v) is 8.13. The van der Waals surface area contributed by atoms with Gasteiger partial charge in [-0.1, -0.05) is 0 Å². The van der Waals surface area contributed by atoms with E-state index >= 15 is 0 Å². The van der Waals surface area contributed by atoms with Crippen molar-refractivity contribution >= 4 is 21.8 Å². The molecule has 0 heterocycles. The van der Waals surface area contributed by atoms with Crippen LogP contribution in [0.1, 0.15) is 0 Å². The smallest absolute Gasteiger partial charge is 0.450 e. The molecule has 2 N–H and O–H groups in total. The summed E-state index contributed by atoms with van der Waals surface area (Å²) in [5.41, 5.74) is 0. The Labute approximate surface area is 81.5 Å². The van der Waals surface area contributed by atoms with Gasteiger partial charge in [-0.3, -0.25) is 0 Å². The first-order valence-corrected chi connectivity index (χ1v) is 2.77. The van der Waals surface area contributed by atoms with E-state index in [9.17, 15) is 8.42 Å². The Hall–Kier alpha value is -0.0400. The van der Waals surface area contributed by atoms with Gasteiger partial charge in [0.25, 0.3) is 0 Å². The third kappa shape index (κ3) is 100. The van der Waals surface area contributed by atoms with Crippen LogP contribution in [-0.2, 0) is 10.3 Å². The fourth-order valence-electron chi connectivity index (χ4n) is 0. The molecule has 0 spiro atoms. The minimum atomic E-state index is -2.06. The fraction of sp³-hybridized carbons (Fsp3) is 0. The monoisotopic (exact) mass is 176 g/mol. The number of hydrogen-bond donors (Lipinski definition) is 2. The zero-order chi connectivity index (χ0) is 7.86. The van der Waals surface area contributed by atoms with Crippen LogP contribution in [0.3, 0.4) is 0 Å². The molecule has 0 aromatic rings. The van der Waals surface area contributed by atoms with Crippen LogP contribution in [0.15, 0.2) is 0 Å². The maximum absolute atomic E-state index is 9.25. The van der Waals surface area contributed by atoms with E-state index in [4.69, 9.17) is 15.0 Å². The van der Waals surface area contributed by atoms with Crippen molar-refractivity contribution in [2.75, 3.05) is 0 Å². The van der Waals surface area contributed by atoms with E-state index in [1.165, 1.54) is 0 Å². The van der Waals surface area contributed by atoms with Crippen LogP contribution in [0.2, 0.25) is 0 Å². The van der Waals surface area contributed by atoms with E-state index in [-0.39, 0.29) is 29.6 Å². The van der Waals surface area contributed by atoms with Crippen LogP contribution in [0.4, 0.5) is 4.79 Å². The molecular weight excluding hydrogens is 171 g/mol. The number of hydrogen-bond acceptors (Lipinski definition) is 3. The molecule has 5 nitrogen and oxygen atoms in total. The van der Waals surface area contributed by atoms with Crippen LogP contribution >= 0.6 is 0 Å². The maximum atomic E-state index is 9.25. The molecule has 0 radical (unpaired) electrons. The summed E-state index contributed by atoms with van der Waals surface area (Å²) in [4.78, 5) is 8.56. The van der Waals surface area contributed by atoms with Gasteiger partial charge in [-0.05, 0) is 0 Å². The molecule has 0 unspecified atom stereocenters. The molecule has 0 fully saturated rings. The Morgan fingerprint density at radius 1 is 1.40 bits per heavy atom. The van der Waals surface area contributed by atoms with Crippen molar-refractivity contribution in [3.63, 3.8) is 0 Å². The largest absolute Gasteiger partial charge is 1.00 e. The Bertz CT molecular complexity index is 181. The van der Waals surface area contributed by atoms with Gasteiger partial charge in [0.2, 0.25) is 0 Å². The van der Waals surface area contributed by atoms with E-state index < -0.39 is 16.4 Å². The predicted molar refractivity (Wildman–Crippen MR) is 31.0 cm³/mol. The van der Waals surface area contributed by atoms with Gasteiger partial charge >= 0.3 is 35.7 Å². The summed E-state index contributed by atoms with van der Waals surface area (Å²) in [5.74, 6) is 0. The SMILES string of the molecule is O=C(O)O.[CH2-]C=S(=O)=O.[Na+]. The summed E-state index contributed by atoms with van der Waals surface area (Å²) in [6.07, 6.45) is -1.83. The molecule has 0 saturated carbocycles. The second-order valence-electron chi connectivity index (χ2n) is 0.710. The minimum absolute atomic E-state index is 0. The van der Waals surface area contributed by atoms with Gasteiger partial charge < -0.3 is 17.1 Å². The second-order valence-corrected chi connectivity index (χ2v) is 1.56. The Kier molecular flexibility index (Phi) is 19.3. The van der Waals surface area contributed by atoms with Crippen LogP contribution < -0.4 is 29.6 Å². The van der Waals surface area contributed by atoms with Gasteiger partial charge in [0, 0.05) is 0 Å². The second kappa shape index (κ2) is 11.7. The zero-order valence-electron chi connectivity index (χ0n) is 5.31. The molecular formula is C3H5NaO5S. The molecule has 0 aliphatic carbocycles. The third-order valence-corrected chi connectivity index (χ3v) is 0.408. The average Bonchev–Trinajstić information content (AvgIpc) is 1.65. The maximum Gasteiger partial charge on any atom is 1.00 e. The molecule has 7 heteroatoms. The van der Waals surface area contributed by atoms with Gasteiger partial charge in [-0.25, -0.2) is 4.79 Å². The van der Waals surface area contributed by atoms with Crippen LogP contribution in [0.25, 0.3) is 0 Å². The summed E-state index contributed by atoms with van der Waals surface area (Å²) in [7, 11) is -2.06. The summed E-state index contributed by atoms with van der Waals surface area (Å²) in [6.45, 7) is 2.95. The topological polar surface area (TPSA) is 91.7 Å². The predicted octanol–water partition coefficient (Wildman–Crippen LogP) is -3.27. The molecule has 54 valence electrons. The molecule has 0 saturated heterocycles. The van der Waals surface area contributed by atoms with Crippen molar-refractivity contribution in [3.8, 4) is 0 Å². The molecule has 0 aliphatic rings. The summed E-state index contributed by atoms with van der Waals surface area (Å²) in [6, 6.07) is 0. The minimum Gasteiger partial charge on any atom is -0.450 e. The first kappa shape index (κ1) is 16.5. The summed E-state index contributed by atoms with van der Waals surface area (Å²) < 4.78 is 18.5. The Morgan fingerprint density at radius 2 is 1.50 bits per heavy atom. The Morgan fingerprint density at radius 3 is 1.50 bits per heavy atom. The molecule has 0 rings (SSSR count). The van der Waals surface area contributed by atoms with Gasteiger partial charge in [0.05, 0.1) is 0 Å². The van der Waals surface area contributed by atoms with E-state index in [2.05, 4.69) is 6.92 Å². The number of carboxylic acid groups (broad SMARTS) is 2. The third-order valence-electron chi connectivity index (χ3n) is 0.136. The quantitative estimate of drug-likeness (QED) is 0.229. The first-order chi connectivity index (χ1) is 4.00. The van der Waals surface area contributed by atoms with Crippen molar-refractivity contribution in [2.24, 2.45) is 0 Å². The number of carbonyl (C=O) groups is 1. The molecule has 0 bridgehead atoms. The van der Waals surface area contributed by atoms with E-state index in [1.54, 1.807) is 0 Å².